The van der Waals surface area contributed by atoms with Crippen LogP contribution in [0.5, 0.6) is 23.0 Å². The van der Waals surface area contributed by atoms with Crippen LogP contribution in [0, 0.1) is 19.3 Å². The van der Waals surface area contributed by atoms with Gasteiger partial charge < -0.3 is 23.7 Å². The molecule has 1 saturated carbocycles. The molecule has 0 saturated heterocycles. The van der Waals surface area contributed by atoms with Crippen LogP contribution in [0.1, 0.15) is 111 Å². The van der Waals surface area contributed by atoms with Gasteiger partial charge in [-0.15, -0.1) is 0 Å². The summed E-state index contributed by atoms with van der Waals surface area (Å²) in [4.78, 5) is 31.3. The number of carbonyl (C=O) groups excluding carboxylic acids is 2. The molecule has 11 heteroatoms. The van der Waals surface area contributed by atoms with Crippen molar-refractivity contribution in [1.29, 1.82) is 0 Å². The van der Waals surface area contributed by atoms with Gasteiger partial charge in [-0.1, -0.05) is 86.1 Å². The third kappa shape index (κ3) is 11.4. The molecule has 63 heavy (non-hydrogen) atoms. The average molecular weight is 870 g/mol. The van der Waals surface area contributed by atoms with Gasteiger partial charge in [0.2, 0.25) is 11.0 Å². The van der Waals surface area contributed by atoms with E-state index in [-0.39, 0.29) is 12.5 Å². The molecule has 0 aliphatic heterocycles. The van der Waals surface area contributed by atoms with Crippen LogP contribution in [-0.4, -0.2) is 50.0 Å². The number of nitrogens with zero attached hydrogens (tertiary/aromatic N) is 3. The first-order valence-corrected chi connectivity index (χ1v) is 23.1. The van der Waals surface area contributed by atoms with Gasteiger partial charge in [-0.25, -0.2) is 9.78 Å². The van der Waals surface area contributed by atoms with Crippen LogP contribution < -0.4 is 24.0 Å². The van der Waals surface area contributed by atoms with Crippen molar-refractivity contribution in [3.05, 3.63) is 119 Å². The number of esters is 1. The third-order valence-electron chi connectivity index (χ3n) is 11.9. The lowest BCUT2D eigenvalue weighted by atomic mass is 9.68. The molecule has 7 rings (SSSR count). The second-order valence-electron chi connectivity index (χ2n) is 16.5. The molecule has 330 valence electrons. The lowest BCUT2D eigenvalue weighted by molar-refractivity contribution is -0.118. The molecule has 6 aromatic rings. The number of amides is 1. The van der Waals surface area contributed by atoms with Crippen molar-refractivity contribution >= 4 is 55.5 Å². The second-order valence-corrected chi connectivity index (χ2v) is 17.5. The first kappa shape index (κ1) is 45.3. The van der Waals surface area contributed by atoms with Gasteiger partial charge in [-0.2, -0.15) is 10.1 Å². The predicted molar refractivity (Wildman–Crippen MR) is 253 cm³/mol. The molecule has 0 spiro atoms. The number of rotatable bonds is 22. The maximum atomic E-state index is 13.5. The number of aromatic nitrogens is 1. The van der Waals surface area contributed by atoms with Crippen molar-refractivity contribution in [2.24, 2.45) is 10.5 Å². The van der Waals surface area contributed by atoms with Crippen LogP contribution in [0.15, 0.2) is 96.1 Å². The van der Waals surface area contributed by atoms with Crippen molar-refractivity contribution in [1.82, 2.24) is 4.98 Å². The Hall–Kier alpha value is -5.78. The lowest BCUT2D eigenvalue weighted by Gasteiger charge is -2.40. The number of hydrazone groups is 1. The van der Waals surface area contributed by atoms with Crippen molar-refractivity contribution in [2.75, 3.05) is 31.9 Å². The Balaban J connectivity index is 1.06. The number of benzene rings is 5. The minimum Gasteiger partial charge on any atom is -0.493 e. The highest BCUT2D eigenvalue weighted by Crippen LogP contribution is 2.44. The van der Waals surface area contributed by atoms with E-state index in [2.05, 4.69) is 13.0 Å². The highest BCUT2D eigenvalue weighted by Gasteiger charge is 2.35. The Morgan fingerprint density at radius 1 is 0.841 bits per heavy atom. The minimum atomic E-state index is -0.480. The Morgan fingerprint density at radius 3 is 2.38 bits per heavy atom. The molecule has 1 aliphatic rings. The summed E-state index contributed by atoms with van der Waals surface area (Å²) < 4.78 is 31.1. The quantitative estimate of drug-likeness (QED) is 0.0218. The number of thiazole rings is 1. The van der Waals surface area contributed by atoms with Crippen molar-refractivity contribution in [3.63, 3.8) is 0 Å². The maximum absolute atomic E-state index is 13.5. The Labute approximate surface area is 375 Å². The largest absolute Gasteiger partial charge is 0.493 e. The van der Waals surface area contributed by atoms with Crippen LogP contribution in [-0.2, 0) is 16.1 Å². The number of aryl methyl sites for hydroxylation is 2. The number of hydrogen-bond acceptors (Lipinski definition) is 10. The Kier molecular flexibility index (Phi) is 15.5. The number of unbranched alkanes of at least 4 members (excludes halogenated alkanes) is 3. The lowest BCUT2D eigenvalue weighted by Crippen LogP contribution is -2.33. The number of para-hydroxylation sites is 1. The van der Waals surface area contributed by atoms with Crippen LogP contribution >= 0.6 is 11.3 Å². The highest BCUT2D eigenvalue weighted by atomic mass is 32.1. The standard InChI is InChI=1S/C52H59N3O7S/c1-6-15-49(56)55(51-54-43-16-10-11-17-48(43)63-51)53-33-42-41-22-19-38(31-39(41)20-24-45(42)60-29-13-9-8-12-28-59-35-52(7-2)26-14-27-52)34-61-46-25-21-40(32-47(46)58-5)50(57)62-44-23-18-36(3)30-37(44)4/h10-11,16-25,30-33H,6-9,12-15,26-29,34-35H2,1-5H3/b53-33+. The predicted octanol–water partition coefficient (Wildman–Crippen LogP) is 12.6. The smallest absolute Gasteiger partial charge is 0.343 e. The van der Waals surface area contributed by atoms with Gasteiger partial charge in [-0.3, -0.25) is 4.79 Å². The van der Waals surface area contributed by atoms with E-state index in [9.17, 15) is 9.59 Å². The molecule has 5 aromatic carbocycles. The SMILES string of the molecule is CCCC(=O)N(/N=C/c1c(OCCCCCCOCC2(CC)CCC2)ccc2cc(COc3ccc(C(=O)Oc4ccc(C)cc4C)cc3OC)ccc12)c1nc2ccccc2s1. The van der Waals surface area contributed by atoms with Gasteiger partial charge in [0, 0.05) is 18.6 Å². The zero-order chi connectivity index (χ0) is 44.2. The first-order chi connectivity index (χ1) is 30.7. The minimum absolute atomic E-state index is 0.127. The Bertz CT molecular complexity index is 2510. The second kappa shape index (κ2) is 21.5. The molecular formula is C52H59N3O7S. The van der Waals surface area contributed by atoms with Gasteiger partial charge in [0.05, 0.1) is 42.3 Å². The summed E-state index contributed by atoms with van der Waals surface area (Å²) in [5.74, 6) is 1.52. The van der Waals surface area contributed by atoms with E-state index >= 15 is 0 Å². The molecule has 0 radical (unpaired) electrons. The molecule has 1 aromatic heterocycles. The van der Waals surface area contributed by atoms with Crippen molar-refractivity contribution in [2.45, 2.75) is 98.5 Å². The Morgan fingerprint density at radius 2 is 1.63 bits per heavy atom. The summed E-state index contributed by atoms with van der Waals surface area (Å²) in [5.41, 5.74) is 5.28. The van der Waals surface area contributed by atoms with E-state index < -0.39 is 5.97 Å². The molecule has 0 N–H and O–H groups in total. The van der Waals surface area contributed by atoms with E-state index in [0.29, 0.717) is 58.6 Å². The van der Waals surface area contributed by atoms with Gasteiger partial charge >= 0.3 is 5.97 Å². The third-order valence-corrected chi connectivity index (χ3v) is 12.9. The van der Waals surface area contributed by atoms with Crippen LogP contribution in [0.3, 0.4) is 0 Å². The zero-order valence-corrected chi connectivity index (χ0v) is 38.1. The van der Waals surface area contributed by atoms with Crippen molar-refractivity contribution in [3.8, 4) is 23.0 Å². The topological polar surface area (TPSA) is 109 Å². The van der Waals surface area contributed by atoms with Gasteiger partial charge in [0.25, 0.3) is 0 Å². The fourth-order valence-corrected chi connectivity index (χ4v) is 8.83. The van der Waals surface area contributed by atoms with Crippen LogP contribution in [0.2, 0.25) is 0 Å². The maximum Gasteiger partial charge on any atom is 0.343 e. The summed E-state index contributed by atoms with van der Waals surface area (Å²) in [6.45, 7) is 10.7. The number of anilines is 1. The van der Waals surface area contributed by atoms with Gasteiger partial charge in [0.1, 0.15) is 18.1 Å². The number of ether oxygens (including phenoxy) is 5. The highest BCUT2D eigenvalue weighted by molar-refractivity contribution is 7.22. The number of carbonyl (C=O) groups is 2. The van der Waals surface area contributed by atoms with Crippen LogP contribution in [0.4, 0.5) is 5.13 Å². The monoisotopic (exact) mass is 869 g/mol. The van der Waals surface area contributed by atoms with E-state index in [1.807, 2.05) is 81.4 Å². The van der Waals surface area contributed by atoms with E-state index in [0.717, 1.165) is 82.1 Å². The number of methoxy groups -OCH3 is 1. The van der Waals surface area contributed by atoms with E-state index in [1.165, 1.54) is 42.0 Å². The van der Waals surface area contributed by atoms with E-state index in [1.54, 1.807) is 37.6 Å². The number of hydrogen-bond donors (Lipinski definition) is 0. The molecule has 0 bridgehead atoms. The zero-order valence-electron chi connectivity index (χ0n) is 37.2. The first-order valence-electron chi connectivity index (χ1n) is 22.3. The summed E-state index contributed by atoms with van der Waals surface area (Å²) >= 11 is 1.44. The molecule has 0 unspecified atom stereocenters. The van der Waals surface area contributed by atoms with Crippen molar-refractivity contribution < 1.29 is 33.3 Å². The summed E-state index contributed by atoms with van der Waals surface area (Å²) in [6, 6.07) is 28.7. The molecule has 0 atom stereocenters. The fraction of sp³-hybridized carbons (Fsp3) is 0.385. The van der Waals surface area contributed by atoms with Gasteiger partial charge in [-0.05, 0) is 135 Å². The molecular weight excluding hydrogens is 811 g/mol. The molecule has 1 amide bonds. The summed E-state index contributed by atoms with van der Waals surface area (Å²) in [6.07, 6.45) is 12.0. The van der Waals surface area contributed by atoms with E-state index in [4.69, 9.17) is 33.8 Å². The molecule has 1 fully saturated rings. The summed E-state index contributed by atoms with van der Waals surface area (Å²) in [5, 5.41) is 8.65. The fourth-order valence-electron chi connectivity index (χ4n) is 7.89. The number of fused-ring (bicyclic) bond motifs is 2. The van der Waals surface area contributed by atoms with Crippen LogP contribution in [0.25, 0.3) is 21.0 Å². The molecule has 1 aliphatic carbocycles. The molecule has 1 heterocycles. The summed E-state index contributed by atoms with van der Waals surface area (Å²) in [7, 11) is 1.54. The average Bonchev–Trinajstić information content (AvgIpc) is 3.71. The van der Waals surface area contributed by atoms with Gasteiger partial charge in [0.15, 0.2) is 11.5 Å². The normalized spacial score (nSPS) is 13.3. The molecule has 10 nitrogen and oxygen atoms in total.